The highest BCUT2D eigenvalue weighted by atomic mass is 28.3. The lowest BCUT2D eigenvalue weighted by Gasteiger charge is -2.31. The van der Waals surface area contributed by atoms with E-state index in [0.29, 0.717) is 0 Å². The van der Waals surface area contributed by atoms with E-state index in [9.17, 15) is 0 Å². The lowest BCUT2D eigenvalue weighted by molar-refractivity contribution is 0.669. The smallest absolute Gasteiger partial charge is 0.180 e. The van der Waals surface area contributed by atoms with Gasteiger partial charge in [0.05, 0.1) is 0 Å². The van der Waals surface area contributed by atoms with Gasteiger partial charge in [-0.15, -0.1) is 0 Å². The maximum atomic E-state index is 6.80. The minimum absolute atomic E-state index is 0.898. The first kappa shape index (κ1) is 36.8. The van der Waals surface area contributed by atoms with E-state index in [0.717, 1.165) is 44.7 Å². The molecule has 0 unspecified atom stereocenters. The van der Waals surface area contributed by atoms with Crippen LogP contribution in [0.15, 0.2) is 253 Å². The van der Waals surface area contributed by atoms with E-state index in [1.54, 1.807) is 0 Å². The van der Waals surface area contributed by atoms with Crippen molar-refractivity contribution in [2.75, 3.05) is 4.90 Å². The van der Waals surface area contributed by atoms with Gasteiger partial charge < -0.3 is 9.32 Å². The summed E-state index contributed by atoms with van der Waals surface area (Å²) in [7, 11) is -2.68. The van der Waals surface area contributed by atoms with Gasteiger partial charge in [0.2, 0.25) is 0 Å². The fourth-order valence-corrected chi connectivity index (χ4v) is 15.4. The van der Waals surface area contributed by atoms with E-state index >= 15 is 0 Å². The lowest BCUT2D eigenvalue weighted by Crippen LogP contribution is -2.72. The van der Waals surface area contributed by atoms with Crippen molar-refractivity contribution in [1.82, 2.24) is 0 Å². The van der Waals surface area contributed by atoms with Gasteiger partial charge in [0.15, 0.2) is 8.07 Å². The third-order valence-electron chi connectivity index (χ3n) is 13.0. The van der Waals surface area contributed by atoms with Crippen LogP contribution in [0.2, 0.25) is 0 Å². The second-order valence-corrected chi connectivity index (χ2v) is 20.1. The highest BCUT2D eigenvalue weighted by molar-refractivity contribution is 7.22. The first-order valence-electron chi connectivity index (χ1n) is 21.7. The van der Waals surface area contributed by atoms with Gasteiger partial charge in [-0.2, -0.15) is 0 Å². The number of benzene rings is 10. The summed E-state index contributed by atoms with van der Waals surface area (Å²) in [5, 5.41) is 7.96. The normalized spacial score (nSPS) is 12.6. The summed E-state index contributed by atoms with van der Waals surface area (Å²) in [6, 6.07) is 90.7. The van der Waals surface area contributed by atoms with Crippen LogP contribution in [0.25, 0.3) is 66.4 Å². The molecule has 1 aliphatic heterocycles. The molecule has 0 saturated carbocycles. The van der Waals surface area contributed by atoms with Gasteiger partial charge >= 0.3 is 0 Å². The molecule has 10 aromatic carbocycles. The fourth-order valence-electron chi connectivity index (χ4n) is 10.2. The van der Waals surface area contributed by atoms with E-state index in [4.69, 9.17) is 4.42 Å². The van der Waals surface area contributed by atoms with Crippen molar-refractivity contribution < 1.29 is 4.42 Å². The second kappa shape index (κ2) is 15.2. The van der Waals surface area contributed by atoms with Gasteiger partial charge in [-0.05, 0) is 114 Å². The molecule has 0 radical (unpaired) electrons. The van der Waals surface area contributed by atoms with Crippen molar-refractivity contribution in [3.63, 3.8) is 0 Å². The SMILES string of the molecule is c1ccc(-c2ccc(N(c3ccc(-c4ccccc4)cc3)c3ccc(-c4cccc5oc6ccc7c(c6c45)-c4ccccc4[Si]7(c4ccccc4)c4ccccc4)cc3)cc2)cc1. The molecule has 11 aromatic rings. The Morgan fingerprint density at radius 1 is 0.286 bits per heavy atom. The van der Waals surface area contributed by atoms with Crippen molar-refractivity contribution in [1.29, 1.82) is 0 Å². The molecule has 296 valence electrons. The molecule has 0 bridgehead atoms. The van der Waals surface area contributed by atoms with Crippen LogP contribution < -0.4 is 25.6 Å². The Hall–Kier alpha value is -7.98. The summed E-state index contributed by atoms with van der Waals surface area (Å²) in [5.74, 6) is 0. The zero-order valence-corrected chi connectivity index (χ0v) is 35.5. The molecule has 63 heavy (non-hydrogen) atoms. The summed E-state index contributed by atoms with van der Waals surface area (Å²) >= 11 is 0. The molecule has 0 fully saturated rings. The van der Waals surface area contributed by atoms with E-state index in [1.165, 1.54) is 59.5 Å². The number of anilines is 3. The Morgan fingerprint density at radius 2 is 0.714 bits per heavy atom. The topological polar surface area (TPSA) is 16.4 Å². The Kier molecular flexibility index (Phi) is 8.87. The summed E-state index contributed by atoms with van der Waals surface area (Å²) in [6.45, 7) is 0. The standard InChI is InChI=1S/C60H41NOSi/c1-5-16-42(17-6-1)44-28-34-47(35-29-44)61(48-36-30-45(31-37-48)43-18-7-2-8-19-43)49-38-32-46(33-39-49)52-25-15-26-54-58(52)60-55(62-54)40-41-57-59(60)53-24-13-14-27-56(53)63(57,50-20-9-3-10-21-50)51-22-11-4-12-23-51/h1-41H. The molecule has 0 aliphatic carbocycles. The number of rotatable bonds is 8. The Bertz CT molecular complexity index is 3280. The van der Waals surface area contributed by atoms with Gasteiger partial charge in [0, 0.05) is 27.8 Å². The Morgan fingerprint density at radius 3 is 1.25 bits per heavy atom. The van der Waals surface area contributed by atoms with Crippen LogP contribution in [0, 0.1) is 0 Å². The predicted molar refractivity (Wildman–Crippen MR) is 267 cm³/mol. The van der Waals surface area contributed by atoms with Crippen LogP contribution in [0.1, 0.15) is 0 Å². The molecular formula is C60H41NOSi. The number of fused-ring (bicyclic) bond motifs is 7. The monoisotopic (exact) mass is 819 g/mol. The maximum absolute atomic E-state index is 6.80. The summed E-state index contributed by atoms with van der Waals surface area (Å²) in [6.07, 6.45) is 0. The molecule has 0 atom stereocenters. The molecule has 12 rings (SSSR count). The summed E-state index contributed by atoms with van der Waals surface area (Å²) < 4.78 is 6.80. The van der Waals surface area contributed by atoms with Crippen molar-refractivity contribution in [2.24, 2.45) is 0 Å². The van der Waals surface area contributed by atoms with E-state index in [2.05, 4.69) is 254 Å². The Labute approximate surface area is 368 Å². The van der Waals surface area contributed by atoms with Gasteiger partial charge in [0.25, 0.3) is 0 Å². The van der Waals surface area contributed by atoms with Crippen LogP contribution in [0.3, 0.4) is 0 Å². The summed E-state index contributed by atoms with van der Waals surface area (Å²) in [4.78, 5) is 2.35. The van der Waals surface area contributed by atoms with Crippen molar-refractivity contribution in [3.8, 4) is 44.5 Å². The molecule has 2 heterocycles. The summed E-state index contributed by atoms with van der Waals surface area (Å²) in [5.41, 5.74) is 14.8. The molecule has 0 N–H and O–H groups in total. The van der Waals surface area contributed by atoms with Gasteiger partial charge in [-0.3, -0.25) is 0 Å². The third kappa shape index (κ3) is 6.00. The van der Waals surface area contributed by atoms with E-state index in [-0.39, 0.29) is 0 Å². The average Bonchev–Trinajstić information content (AvgIpc) is 3.90. The highest BCUT2D eigenvalue weighted by Gasteiger charge is 2.49. The van der Waals surface area contributed by atoms with Crippen molar-refractivity contribution in [3.05, 3.63) is 249 Å². The average molecular weight is 820 g/mol. The zero-order chi connectivity index (χ0) is 41.7. The fraction of sp³-hybridized carbons (Fsp3) is 0. The molecule has 0 spiro atoms. The zero-order valence-electron chi connectivity index (χ0n) is 34.5. The molecular weight excluding hydrogens is 779 g/mol. The van der Waals surface area contributed by atoms with Gasteiger partial charge in [0.1, 0.15) is 11.2 Å². The maximum Gasteiger partial charge on any atom is 0.180 e. The quantitative estimate of drug-likeness (QED) is 0.142. The largest absolute Gasteiger partial charge is 0.456 e. The molecule has 0 saturated heterocycles. The lowest BCUT2D eigenvalue weighted by atomic mass is 9.94. The first-order chi connectivity index (χ1) is 31.3. The highest BCUT2D eigenvalue weighted by Crippen LogP contribution is 2.44. The van der Waals surface area contributed by atoms with Crippen LogP contribution in [-0.4, -0.2) is 8.07 Å². The van der Waals surface area contributed by atoms with Crippen LogP contribution in [0.4, 0.5) is 17.1 Å². The van der Waals surface area contributed by atoms with Crippen LogP contribution in [0.5, 0.6) is 0 Å². The van der Waals surface area contributed by atoms with E-state index in [1.807, 2.05) is 0 Å². The minimum Gasteiger partial charge on any atom is -0.456 e. The number of hydrogen-bond acceptors (Lipinski definition) is 2. The van der Waals surface area contributed by atoms with Gasteiger partial charge in [-0.1, -0.05) is 200 Å². The minimum atomic E-state index is -2.68. The Balaban J connectivity index is 1.01. The number of hydrogen-bond donors (Lipinski definition) is 0. The van der Waals surface area contributed by atoms with E-state index < -0.39 is 8.07 Å². The second-order valence-electron chi connectivity index (χ2n) is 16.4. The van der Waals surface area contributed by atoms with Crippen molar-refractivity contribution in [2.45, 2.75) is 0 Å². The van der Waals surface area contributed by atoms with Gasteiger partial charge in [-0.25, -0.2) is 0 Å². The first-order valence-corrected chi connectivity index (χ1v) is 23.7. The van der Waals surface area contributed by atoms with Crippen molar-refractivity contribution >= 4 is 67.8 Å². The number of furan rings is 1. The van der Waals surface area contributed by atoms with Crippen LogP contribution in [-0.2, 0) is 0 Å². The third-order valence-corrected chi connectivity index (χ3v) is 17.9. The predicted octanol–water partition coefficient (Wildman–Crippen LogP) is 13.4. The number of nitrogens with zero attached hydrogens (tertiary/aromatic N) is 1. The van der Waals surface area contributed by atoms with Crippen LogP contribution >= 0.6 is 0 Å². The molecule has 0 amide bonds. The molecule has 1 aliphatic rings. The molecule has 2 nitrogen and oxygen atoms in total. The molecule has 3 heteroatoms. The molecule has 1 aromatic heterocycles.